The standard InChI is InChI=1S/C24H30N4O4S/c1-17-8-4-5-9-18(17)15-25-23(29)16-28-22-14-19(33(31,32)26(2)3)11-12-20(22)27-13-7-6-10-21(27)24(28)30/h4-5,8-9,11-12,14,21H,6-7,10,13,15-16H2,1-3H3,(H,25,29)/t21-/m0/s1. The van der Waals surface area contributed by atoms with Crippen molar-refractivity contribution in [1.82, 2.24) is 9.62 Å². The Kier molecular flexibility index (Phi) is 6.45. The summed E-state index contributed by atoms with van der Waals surface area (Å²) in [5.74, 6) is -0.449. The number of carbonyl (C=O) groups excluding carboxylic acids is 2. The van der Waals surface area contributed by atoms with E-state index >= 15 is 0 Å². The molecule has 176 valence electrons. The summed E-state index contributed by atoms with van der Waals surface area (Å²) in [6.07, 6.45) is 2.64. The highest BCUT2D eigenvalue weighted by Gasteiger charge is 2.40. The molecule has 2 aliphatic heterocycles. The maximum atomic E-state index is 13.4. The summed E-state index contributed by atoms with van der Waals surface area (Å²) >= 11 is 0. The largest absolute Gasteiger partial charge is 0.358 e. The number of hydrogen-bond acceptors (Lipinski definition) is 5. The van der Waals surface area contributed by atoms with Gasteiger partial charge >= 0.3 is 0 Å². The van der Waals surface area contributed by atoms with Crippen LogP contribution in [-0.2, 0) is 26.2 Å². The number of sulfonamides is 1. The minimum absolute atomic E-state index is 0.0971. The first-order valence-corrected chi connectivity index (χ1v) is 12.6. The maximum Gasteiger partial charge on any atom is 0.250 e. The van der Waals surface area contributed by atoms with Gasteiger partial charge in [0.2, 0.25) is 21.8 Å². The van der Waals surface area contributed by atoms with Gasteiger partial charge in [-0.05, 0) is 55.5 Å². The Morgan fingerprint density at radius 2 is 1.88 bits per heavy atom. The van der Waals surface area contributed by atoms with Crippen molar-refractivity contribution >= 4 is 33.2 Å². The molecule has 2 aromatic carbocycles. The molecule has 1 N–H and O–H groups in total. The summed E-state index contributed by atoms with van der Waals surface area (Å²) in [7, 11) is -0.745. The van der Waals surface area contributed by atoms with Crippen molar-refractivity contribution in [2.24, 2.45) is 0 Å². The van der Waals surface area contributed by atoms with Gasteiger partial charge in [0.25, 0.3) is 0 Å². The van der Waals surface area contributed by atoms with E-state index in [1.165, 1.54) is 25.1 Å². The number of benzene rings is 2. The Labute approximate surface area is 195 Å². The van der Waals surface area contributed by atoms with Crippen LogP contribution in [-0.4, -0.2) is 57.8 Å². The number of anilines is 2. The third kappa shape index (κ3) is 4.47. The molecule has 0 aromatic heterocycles. The number of piperidine rings is 1. The number of nitrogens with zero attached hydrogens (tertiary/aromatic N) is 3. The highest BCUT2D eigenvalue weighted by Crippen LogP contribution is 2.40. The number of amides is 2. The van der Waals surface area contributed by atoms with Crippen molar-refractivity contribution in [1.29, 1.82) is 0 Å². The third-order valence-corrected chi connectivity index (χ3v) is 8.23. The molecule has 2 amide bonds. The van der Waals surface area contributed by atoms with Gasteiger partial charge in [0.15, 0.2) is 0 Å². The summed E-state index contributed by atoms with van der Waals surface area (Å²) < 4.78 is 26.6. The van der Waals surface area contributed by atoms with Crippen LogP contribution in [0.3, 0.4) is 0 Å². The van der Waals surface area contributed by atoms with Crippen LogP contribution >= 0.6 is 0 Å². The molecule has 0 unspecified atom stereocenters. The highest BCUT2D eigenvalue weighted by molar-refractivity contribution is 7.89. The van der Waals surface area contributed by atoms with Crippen LogP contribution in [0.1, 0.15) is 30.4 Å². The predicted molar refractivity (Wildman–Crippen MR) is 128 cm³/mol. The van der Waals surface area contributed by atoms with Crippen molar-refractivity contribution in [3.63, 3.8) is 0 Å². The molecule has 8 nitrogen and oxygen atoms in total. The van der Waals surface area contributed by atoms with E-state index in [4.69, 9.17) is 0 Å². The summed E-state index contributed by atoms with van der Waals surface area (Å²) in [4.78, 5) is 29.9. The number of carbonyl (C=O) groups is 2. The Morgan fingerprint density at radius 3 is 2.61 bits per heavy atom. The van der Waals surface area contributed by atoms with Gasteiger partial charge in [0.05, 0.1) is 16.3 Å². The molecular weight excluding hydrogens is 440 g/mol. The normalized spacial score (nSPS) is 18.2. The van der Waals surface area contributed by atoms with Gasteiger partial charge in [-0.3, -0.25) is 14.5 Å². The molecule has 2 aromatic rings. The Hall–Kier alpha value is -2.91. The zero-order chi connectivity index (χ0) is 23.8. The SMILES string of the molecule is Cc1ccccc1CNC(=O)CN1C(=O)[C@@H]2CCCCN2c2ccc(S(=O)(=O)N(C)C)cc21. The molecule has 33 heavy (non-hydrogen) atoms. The van der Waals surface area contributed by atoms with Gasteiger partial charge < -0.3 is 10.2 Å². The summed E-state index contributed by atoms with van der Waals surface area (Å²) in [6, 6.07) is 12.3. The number of fused-ring (bicyclic) bond motifs is 3. The molecule has 9 heteroatoms. The molecule has 0 spiro atoms. The van der Waals surface area contributed by atoms with Gasteiger partial charge in [-0.25, -0.2) is 12.7 Å². The lowest BCUT2D eigenvalue weighted by Crippen LogP contribution is -2.57. The van der Waals surface area contributed by atoms with Gasteiger partial charge in [-0.15, -0.1) is 0 Å². The number of aryl methyl sites for hydroxylation is 1. The van der Waals surface area contributed by atoms with E-state index in [0.29, 0.717) is 12.2 Å². The molecule has 0 radical (unpaired) electrons. The van der Waals surface area contributed by atoms with Crippen molar-refractivity contribution in [3.05, 3.63) is 53.6 Å². The lowest BCUT2D eigenvalue weighted by molar-refractivity contribution is -0.125. The molecule has 2 aliphatic rings. The van der Waals surface area contributed by atoms with Crippen molar-refractivity contribution in [3.8, 4) is 0 Å². The van der Waals surface area contributed by atoms with E-state index in [1.807, 2.05) is 31.2 Å². The maximum absolute atomic E-state index is 13.4. The average molecular weight is 471 g/mol. The van der Waals surface area contributed by atoms with Crippen LogP contribution in [0.25, 0.3) is 0 Å². The number of nitrogens with one attached hydrogen (secondary N) is 1. The monoisotopic (exact) mass is 470 g/mol. The lowest BCUT2D eigenvalue weighted by Gasteiger charge is -2.45. The van der Waals surface area contributed by atoms with Gasteiger partial charge in [-0.1, -0.05) is 24.3 Å². The number of rotatable bonds is 6. The van der Waals surface area contributed by atoms with E-state index in [9.17, 15) is 18.0 Å². The van der Waals surface area contributed by atoms with Crippen molar-refractivity contribution in [2.45, 2.75) is 43.7 Å². The van der Waals surface area contributed by atoms with Crippen LogP contribution in [0.2, 0.25) is 0 Å². The van der Waals surface area contributed by atoms with Crippen LogP contribution < -0.4 is 15.1 Å². The van der Waals surface area contributed by atoms with E-state index < -0.39 is 10.0 Å². The molecule has 2 heterocycles. The zero-order valence-electron chi connectivity index (χ0n) is 19.2. The van der Waals surface area contributed by atoms with Crippen LogP contribution in [0.5, 0.6) is 0 Å². The second kappa shape index (κ2) is 9.15. The molecule has 4 rings (SSSR count). The first-order chi connectivity index (χ1) is 15.7. The quantitative estimate of drug-likeness (QED) is 0.700. The topological polar surface area (TPSA) is 90.0 Å². The smallest absolute Gasteiger partial charge is 0.250 e. The Bertz CT molecular complexity index is 1180. The molecule has 1 fully saturated rings. The minimum atomic E-state index is -3.68. The van der Waals surface area contributed by atoms with Crippen molar-refractivity contribution in [2.75, 3.05) is 37.0 Å². The highest BCUT2D eigenvalue weighted by atomic mass is 32.2. The summed E-state index contributed by atoms with van der Waals surface area (Å²) in [5.41, 5.74) is 3.35. The Balaban J connectivity index is 1.64. The fraction of sp³-hybridized carbons (Fsp3) is 0.417. The predicted octanol–water partition coefficient (Wildman–Crippen LogP) is 2.27. The van der Waals surface area contributed by atoms with Crippen LogP contribution in [0.4, 0.5) is 11.4 Å². The van der Waals surface area contributed by atoms with Crippen molar-refractivity contribution < 1.29 is 18.0 Å². The minimum Gasteiger partial charge on any atom is -0.358 e. The fourth-order valence-corrected chi connectivity index (χ4v) is 5.40. The molecule has 1 saturated heterocycles. The summed E-state index contributed by atoms with van der Waals surface area (Å²) in [5, 5.41) is 2.90. The van der Waals surface area contributed by atoms with Gasteiger partial charge in [0.1, 0.15) is 12.6 Å². The first kappa shape index (κ1) is 23.3. The Morgan fingerprint density at radius 1 is 1.12 bits per heavy atom. The number of hydrogen-bond donors (Lipinski definition) is 1. The second-order valence-electron chi connectivity index (χ2n) is 8.77. The van der Waals surface area contributed by atoms with E-state index in [-0.39, 0.29) is 29.3 Å². The van der Waals surface area contributed by atoms with Gasteiger partial charge in [0, 0.05) is 27.2 Å². The lowest BCUT2D eigenvalue weighted by atomic mass is 9.96. The molecule has 0 aliphatic carbocycles. The fourth-order valence-electron chi connectivity index (χ4n) is 4.47. The molecular formula is C24H30N4O4S. The van der Waals surface area contributed by atoms with Crippen LogP contribution in [0.15, 0.2) is 47.4 Å². The second-order valence-corrected chi connectivity index (χ2v) is 10.9. The summed E-state index contributed by atoms with van der Waals surface area (Å²) in [6.45, 7) is 2.92. The average Bonchev–Trinajstić information content (AvgIpc) is 2.80. The third-order valence-electron chi connectivity index (χ3n) is 6.42. The molecule has 1 atom stereocenters. The van der Waals surface area contributed by atoms with E-state index in [1.54, 1.807) is 12.1 Å². The van der Waals surface area contributed by atoms with Gasteiger partial charge in [-0.2, -0.15) is 0 Å². The zero-order valence-corrected chi connectivity index (χ0v) is 20.1. The van der Waals surface area contributed by atoms with Crippen LogP contribution in [0, 0.1) is 6.92 Å². The van der Waals surface area contributed by atoms with E-state index in [0.717, 1.165) is 46.9 Å². The molecule has 0 bridgehead atoms. The first-order valence-electron chi connectivity index (χ1n) is 11.2. The van der Waals surface area contributed by atoms with E-state index in [2.05, 4.69) is 10.2 Å². The molecule has 0 saturated carbocycles.